The molecule has 0 spiro atoms. The van der Waals surface area contributed by atoms with E-state index in [1.54, 1.807) is 0 Å². The number of benzene rings is 1. The molecule has 2 aromatic rings. The van der Waals surface area contributed by atoms with Crippen molar-refractivity contribution in [3.63, 3.8) is 0 Å². The standard InChI is InChI=1S/C11H12BrN3/c12-10-8-3-1-2-7(9(8)14-15-10)6-11(13)4-5-11/h1-3H,4-6,13H2,(H,14,15). The Morgan fingerprint density at radius 3 is 3.00 bits per heavy atom. The number of nitrogens with zero attached hydrogens (tertiary/aromatic N) is 1. The summed E-state index contributed by atoms with van der Waals surface area (Å²) in [4.78, 5) is 0. The summed E-state index contributed by atoms with van der Waals surface area (Å²) in [6, 6.07) is 6.23. The lowest BCUT2D eigenvalue weighted by atomic mass is 10.0. The van der Waals surface area contributed by atoms with Gasteiger partial charge in [-0.3, -0.25) is 5.10 Å². The van der Waals surface area contributed by atoms with Gasteiger partial charge in [-0.05, 0) is 40.8 Å². The quantitative estimate of drug-likeness (QED) is 0.876. The maximum atomic E-state index is 6.13. The second-order valence-corrected chi connectivity index (χ2v) is 5.18. The number of hydrogen-bond acceptors (Lipinski definition) is 2. The van der Waals surface area contributed by atoms with E-state index >= 15 is 0 Å². The van der Waals surface area contributed by atoms with Crippen molar-refractivity contribution in [1.29, 1.82) is 0 Å². The lowest BCUT2D eigenvalue weighted by Crippen LogP contribution is -2.24. The minimum atomic E-state index is 0.0414. The Bertz CT molecular complexity index is 514. The van der Waals surface area contributed by atoms with Crippen molar-refractivity contribution < 1.29 is 0 Å². The molecule has 78 valence electrons. The van der Waals surface area contributed by atoms with E-state index in [0.29, 0.717) is 0 Å². The molecule has 1 aliphatic carbocycles. The van der Waals surface area contributed by atoms with E-state index in [-0.39, 0.29) is 5.54 Å². The van der Waals surface area contributed by atoms with Crippen molar-refractivity contribution in [3.8, 4) is 0 Å². The summed E-state index contributed by atoms with van der Waals surface area (Å²) in [7, 11) is 0. The molecule has 0 atom stereocenters. The number of para-hydroxylation sites is 1. The summed E-state index contributed by atoms with van der Waals surface area (Å²) in [5.74, 6) is 0. The van der Waals surface area contributed by atoms with Gasteiger partial charge in [0, 0.05) is 10.9 Å². The van der Waals surface area contributed by atoms with Crippen molar-refractivity contribution >= 4 is 26.8 Å². The molecule has 4 heteroatoms. The Hall–Kier alpha value is -0.870. The molecular weight excluding hydrogens is 254 g/mol. The van der Waals surface area contributed by atoms with Crippen LogP contribution in [0.4, 0.5) is 0 Å². The Balaban J connectivity index is 2.09. The monoisotopic (exact) mass is 265 g/mol. The van der Waals surface area contributed by atoms with Gasteiger partial charge < -0.3 is 5.73 Å². The Morgan fingerprint density at radius 1 is 1.47 bits per heavy atom. The molecule has 1 saturated carbocycles. The van der Waals surface area contributed by atoms with E-state index in [0.717, 1.165) is 34.8 Å². The third kappa shape index (κ3) is 1.58. The third-order valence-electron chi connectivity index (χ3n) is 3.06. The summed E-state index contributed by atoms with van der Waals surface area (Å²) >= 11 is 3.45. The summed E-state index contributed by atoms with van der Waals surface area (Å²) in [6.45, 7) is 0. The van der Waals surface area contributed by atoms with Crippen LogP contribution in [0, 0.1) is 0 Å². The van der Waals surface area contributed by atoms with Gasteiger partial charge in [0.15, 0.2) is 0 Å². The first-order valence-corrected chi connectivity index (χ1v) is 5.88. The zero-order valence-corrected chi connectivity index (χ0v) is 9.84. The Labute approximate surface area is 96.2 Å². The van der Waals surface area contributed by atoms with Crippen molar-refractivity contribution in [2.75, 3.05) is 0 Å². The van der Waals surface area contributed by atoms with Gasteiger partial charge in [0.05, 0.1) is 5.52 Å². The molecule has 3 N–H and O–H groups in total. The SMILES string of the molecule is NC1(Cc2cccc3c(Br)[nH]nc23)CC1. The first-order valence-electron chi connectivity index (χ1n) is 5.08. The summed E-state index contributed by atoms with van der Waals surface area (Å²) < 4.78 is 0.946. The molecule has 0 aliphatic heterocycles. The van der Waals surface area contributed by atoms with E-state index < -0.39 is 0 Å². The van der Waals surface area contributed by atoms with Gasteiger partial charge >= 0.3 is 0 Å². The van der Waals surface area contributed by atoms with Crippen molar-refractivity contribution in [2.45, 2.75) is 24.8 Å². The zero-order chi connectivity index (χ0) is 10.5. The average Bonchev–Trinajstić information content (AvgIpc) is 2.81. The molecule has 3 rings (SSSR count). The minimum absolute atomic E-state index is 0.0414. The highest BCUT2D eigenvalue weighted by molar-refractivity contribution is 9.10. The maximum absolute atomic E-state index is 6.13. The molecule has 0 unspecified atom stereocenters. The molecule has 3 nitrogen and oxygen atoms in total. The molecular formula is C11H12BrN3. The number of fused-ring (bicyclic) bond motifs is 1. The fourth-order valence-corrected chi connectivity index (χ4v) is 2.33. The van der Waals surface area contributed by atoms with E-state index in [1.165, 1.54) is 5.56 Å². The van der Waals surface area contributed by atoms with Crippen LogP contribution < -0.4 is 5.73 Å². The van der Waals surface area contributed by atoms with Gasteiger partial charge in [-0.15, -0.1) is 0 Å². The number of hydrogen-bond donors (Lipinski definition) is 2. The Kier molecular flexibility index (Phi) is 1.91. The third-order valence-corrected chi connectivity index (χ3v) is 3.66. The number of halogens is 1. The molecule has 0 saturated heterocycles. The van der Waals surface area contributed by atoms with E-state index in [1.807, 2.05) is 0 Å². The number of nitrogens with two attached hydrogens (primary N) is 1. The van der Waals surface area contributed by atoms with Crippen LogP contribution in [-0.2, 0) is 6.42 Å². The topological polar surface area (TPSA) is 54.7 Å². The van der Waals surface area contributed by atoms with Gasteiger partial charge in [0.25, 0.3) is 0 Å². The van der Waals surface area contributed by atoms with Crippen LogP contribution in [0.5, 0.6) is 0 Å². The van der Waals surface area contributed by atoms with Crippen LogP contribution in [0.3, 0.4) is 0 Å². The molecule has 1 fully saturated rings. The highest BCUT2D eigenvalue weighted by Crippen LogP contribution is 2.37. The van der Waals surface area contributed by atoms with Crippen LogP contribution in [0.15, 0.2) is 22.8 Å². The predicted molar refractivity (Wildman–Crippen MR) is 63.7 cm³/mol. The number of rotatable bonds is 2. The zero-order valence-electron chi connectivity index (χ0n) is 8.26. The molecule has 1 aromatic carbocycles. The van der Waals surface area contributed by atoms with Gasteiger partial charge in [-0.1, -0.05) is 18.2 Å². The van der Waals surface area contributed by atoms with Crippen LogP contribution in [0.25, 0.3) is 10.9 Å². The lowest BCUT2D eigenvalue weighted by molar-refractivity contribution is 0.674. The fourth-order valence-electron chi connectivity index (χ4n) is 1.92. The van der Waals surface area contributed by atoms with Gasteiger partial charge in [-0.2, -0.15) is 5.10 Å². The van der Waals surface area contributed by atoms with Crippen molar-refractivity contribution in [2.24, 2.45) is 5.73 Å². The predicted octanol–water partition coefficient (Wildman–Crippen LogP) is 2.36. The largest absolute Gasteiger partial charge is 0.325 e. The van der Waals surface area contributed by atoms with Crippen LogP contribution in [0.2, 0.25) is 0 Å². The first kappa shape index (κ1) is 9.36. The number of H-pyrrole nitrogens is 1. The van der Waals surface area contributed by atoms with Crippen LogP contribution in [-0.4, -0.2) is 15.7 Å². The normalized spacial score (nSPS) is 18.3. The highest BCUT2D eigenvalue weighted by Gasteiger charge is 2.38. The second kappa shape index (κ2) is 3.06. The fraction of sp³-hybridized carbons (Fsp3) is 0.364. The molecule has 0 radical (unpaired) electrons. The maximum Gasteiger partial charge on any atom is 0.108 e. The van der Waals surface area contributed by atoms with Crippen LogP contribution >= 0.6 is 15.9 Å². The number of aromatic amines is 1. The molecule has 1 aliphatic rings. The van der Waals surface area contributed by atoms with Gasteiger partial charge in [-0.25, -0.2) is 0 Å². The summed E-state index contributed by atoms with van der Waals surface area (Å²) in [5.41, 5.74) is 8.46. The summed E-state index contributed by atoms with van der Waals surface area (Å²) in [6.07, 6.45) is 3.20. The molecule has 15 heavy (non-hydrogen) atoms. The van der Waals surface area contributed by atoms with Gasteiger partial charge in [0.1, 0.15) is 4.60 Å². The Morgan fingerprint density at radius 2 is 2.27 bits per heavy atom. The van der Waals surface area contributed by atoms with Crippen LogP contribution in [0.1, 0.15) is 18.4 Å². The highest BCUT2D eigenvalue weighted by atomic mass is 79.9. The summed E-state index contributed by atoms with van der Waals surface area (Å²) in [5, 5.41) is 8.39. The van der Waals surface area contributed by atoms with E-state index in [4.69, 9.17) is 5.73 Å². The van der Waals surface area contributed by atoms with E-state index in [9.17, 15) is 0 Å². The molecule has 0 bridgehead atoms. The first-order chi connectivity index (χ1) is 7.18. The van der Waals surface area contributed by atoms with Crippen molar-refractivity contribution in [3.05, 3.63) is 28.4 Å². The molecule has 1 aromatic heterocycles. The smallest absolute Gasteiger partial charge is 0.108 e. The van der Waals surface area contributed by atoms with Crippen molar-refractivity contribution in [1.82, 2.24) is 10.2 Å². The van der Waals surface area contributed by atoms with Gasteiger partial charge in [0.2, 0.25) is 0 Å². The average molecular weight is 266 g/mol. The molecule has 0 amide bonds. The number of nitrogens with one attached hydrogen (secondary N) is 1. The molecule has 1 heterocycles. The number of aromatic nitrogens is 2. The minimum Gasteiger partial charge on any atom is -0.325 e. The van der Waals surface area contributed by atoms with E-state index in [2.05, 4.69) is 44.3 Å². The second-order valence-electron chi connectivity index (χ2n) is 4.39. The lowest BCUT2D eigenvalue weighted by Gasteiger charge is -2.08.